The molecule has 3 aromatic rings. The van der Waals surface area contributed by atoms with E-state index in [1.54, 1.807) is 24.3 Å². The molecule has 0 atom stereocenters. The minimum atomic E-state index is -4.58. The molecule has 188 valence electrons. The van der Waals surface area contributed by atoms with Crippen LogP contribution in [-0.2, 0) is 24.3 Å². The van der Waals surface area contributed by atoms with Crippen LogP contribution in [0.3, 0.4) is 0 Å². The molecule has 0 saturated heterocycles. The molecule has 0 spiro atoms. The van der Waals surface area contributed by atoms with Gasteiger partial charge in [-0.15, -0.1) is 10.2 Å². The Morgan fingerprint density at radius 3 is 1.84 bits per heavy atom. The smallest absolute Gasteiger partial charge is 0.348 e. The lowest BCUT2D eigenvalue weighted by Crippen LogP contribution is -2.30. The van der Waals surface area contributed by atoms with Crippen LogP contribution in [0.2, 0.25) is 0 Å². The summed E-state index contributed by atoms with van der Waals surface area (Å²) in [5, 5.41) is 17.1. The third kappa shape index (κ3) is 5.04. The van der Waals surface area contributed by atoms with Gasteiger partial charge < -0.3 is 5.32 Å². The number of aryl methyl sites for hydroxylation is 1. The molecule has 3 aromatic carbocycles. The van der Waals surface area contributed by atoms with E-state index in [4.69, 9.17) is 0 Å². The van der Waals surface area contributed by atoms with E-state index in [-0.39, 0.29) is 23.8 Å². The van der Waals surface area contributed by atoms with E-state index in [1.165, 1.54) is 24.3 Å². The first-order valence-corrected chi connectivity index (χ1v) is 11.6. The first kappa shape index (κ1) is 24.5. The Hall–Kier alpha value is -4.21. The van der Waals surface area contributed by atoms with Crippen molar-refractivity contribution in [2.45, 2.75) is 43.8 Å². The molecule has 0 unspecified atom stereocenters. The van der Waals surface area contributed by atoms with Crippen molar-refractivity contribution < 1.29 is 22.8 Å². The fourth-order valence-corrected chi connectivity index (χ4v) is 3.97. The van der Waals surface area contributed by atoms with Crippen molar-refractivity contribution in [2.75, 3.05) is 0 Å². The van der Waals surface area contributed by atoms with Crippen LogP contribution in [0.1, 0.15) is 56.3 Å². The minimum absolute atomic E-state index is 0.0268. The maximum Gasteiger partial charge on any atom is 0.442 e. The fourth-order valence-electron chi connectivity index (χ4n) is 3.97. The number of rotatable bonds is 9. The highest BCUT2D eigenvalue weighted by Gasteiger charge is 2.65. The Morgan fingerprint density at radius 2 is 1.30 bits per heavy atom. The molecule has 5 rings (SSSR count). The lowest BCUT2D eigenvalue weighted by Gasteiger charge is -2.15. The van der Waals surface area contributed by atoms with Gasteiger partial charge in [-0.05, 0) is 36.6 Å². The van der Waals surface area contributed by atoms with E-state index in [2.05, 4.69) is 25.8 Å². The molecule has 7 nitrogen and oxygen atoms in total. The first-order chi connectivity index (χ1) is 17.6. The highest BCUT2D eigenvalue weighted by Crippen LogP contribution is 2.52. The van der Waals surface area contributed by atoms with Crippen LogP contribution < -0.4 is 5.32 Å². The number of nitrogens with one attached hydrogen (secondary N) is 1. The van der Waals surface area contributed by atoms with Gasteiger partial charge in [-0.3, -0.25) is 9.59 Å². The maximum atomic E-state index is 13.1. The highest BCUT2D eigenvalue weighted by atomic mass is 19.4. The maximum absolute atomic E-state index is 13.1. The van der Waals surface area contributed by atoms with Gasteiger partial charge in [0.15, 0.2) is 5.78 Å². The van der Waals surface area contributed by atoms with Gasteiger partial charge in [0.1, 0.15) is 0 Å². The van der Waals surface area contributed by atoms with Crippen molar-refractivity contribution in [3.63, 3.8) is 0 Å². The number of hydrogen-bond acceptors (Lipinski definition) is 6. The minimum Gasteiger partial charge on any atom is -0.348 e. The predicted molar refractivity (Wildman–Crippen MR) is 128 cm³/mol. The molecule has 0 aliphatic carbocycles. The third-order valence-corrected chi connectivity index (χ3v) is 6.52. The molecule has 2 heterocycles. The van der Waals surface area contributed by atoms with Crippen molar-refractivity contribution in [3.8, 4) is 0 Å². The van der Waals surface area contributed by atoms with Crippen molar-refractivity contribution in [1.82, 2.24) is 5.32 Å². The van der Waals surface area contributed by atoms with E-state index in [0.717, 1.165) is 11.1 Å². The van der Waals surface area contributed by atoms with Crippen LogP contribution in [0, 0.1) is 0 Å². The fraction of sp³-hybridized carbons (Fsp3) is 0.259. The number of alkyl halides is 3. The number of hydrogen-bond donors (Lipinski definition) is 1. The summed E-state index contributed by atoms with van der Waals surface area (Å²) in [5.74, 6) is -0.383. The normalized spacial score (nSPS) is 16.3. The Bertz CT molecular complexity index is 1380. The summed E-state index contributed by atoms with van der Waals surface area (Å²) in [4.78, 5) is 25.1. The molecule has 1 amide bonds. The molecule has 1 N–H and O–H groups in total. The molecule has 0 radical (unpaired) electrons. The van der Waals surface area contributed by atoms with Gasteiger partial charge >= 0.3 is 11.8 Å². The SMILES string of the molecule is CC1(c2ccc(CCC(=O)c3ccc(C(=O)NCc4ccc(C5(C(F)(F)F)N=N5)cc4)cc3)cc2)N=N1. The average molecular weight is 506 g/mol. The van der Waals surface area contributed by atoms with Gasteiger partial charge in [0, 0.05) is 35.2 Å². The van der Waals surface area contributed by atoms with Crippen LogP contribution in [0.15, 0.2) is 93.3 Å². The number of carbonyl (C=O) groups excluding carboxylic acids is 2. The topological polar surface area (TPSA) is 95.6 Å². The summed E-state index contributed by atoms with van der Waals surface area (Å²) in [6.07, 6.45) is -3.65. The zero-order valence-electron chi connectivity index (χ0n) is 19.8. The van der Waals surface area contributed by atoms with Gasteiger partial charge in [0.25, 0.3) is 5.91 Å². The second-order valence-electron chi connectivity index (χ2n) is 9.17. The molecule has 2 aliphatic rings. The predicted octanol–water partition coefficient (Wildman–Crippen LogP) is 6.25. The van der Waals surface area contributed by atoms with Gasteiger partial charge in [-0.2, -0.15) is 23.4 Å². The number of ketones is 1. The molecule has 0 fully saturated rings. The van der Waals surface area contributed by atoms with Crippen molar-refractivity contribution in [1.29, 1.82) is 0 Å². The molecule has 2 aliphatic heterocycles. The first-order valence-electron chi connectivity index (χ1n) is 11.6. The standard InChI is InChI=1S/C27H22F3N5O2/c1-25(32-33-25)21-11-2-17(3-12-21)6-15-23(36)19-7-9-20(10-8-19)24(37)31-16-18-4-13-22(14-5-18)26(34-35-26)27(28,29)30/h2-5,7-14H,6,15-16H2,1H3,(H,31,37). The average Bonchev–Trinajstić information content (AvgIpc) is 3.83. The van der Waals surface area contributed by atoms with E-state index in [1.807, 2.05) is 31.2 Å². The van der Waals surface area contributed by atoms with Crippen LogP contribution >= 0.6 is 0 Å². The van der Waals surface area contributed by atoms with Gasteiger partial charge in [0.2, 0.25) is 5.66 Å². The summed E-state index contributed by atoms with van der Waals surface area (Å²) in [7, 11) is 0. The highest BCUT2D eigenvalue weighted by molar-refractivity contribution is 5.98. The lowest BCUT2D eigenvalue weighted by atomic mass is 9.99. The van der Waals surface area contributed by atoms with Crippen molar-refractivity contribution in [2.24, 2.45) is 20.5 Å². The molecule has 0 bridgehead atoms. The van der Waals surface area contributed by atoms with Gasteiger partial charge in [-0.1, -0.05) is 60.7 Å². The molecule has 0 aromatic heterocycles. The van der Waals surface area contributed by atoms with Crippen molar-refractivity contribution >= 4 is 11.7 Å². The zero-order valence-corrected chi connectivity index (χ0v) is 19.8. The summed E-state index contributed by atoms with van der Waals surface area (Å²) in [6, 6.07) is 19.9. The number of halogens is 3. The largest absolute Gasteiger partial charge is 0.442 e. The van der Waals surface area contributed by atoms with E-state index < -0.39 is 17.5 Å². The Labute approximate surface area is 210 Å². The molecular weight excluding hydrogens is 483 g/mol. The second kappa shape index (κ2) is 9.02. The molecule has 10 heteroatoms. The summed E-state index contributed by atoms with van der Waals surface area (Å²) >= 11 is 0. The summed E-state index contributed by atoms with van der Waals surface area (Å²) in [5.41, 5.74) is 0.641. The van der Waals surface area contributed by atoms with Crippen molar-refractivity contribution in [3.05, 3.63) is 106 Å². The van der Waals surface area contributed by atoms with E-state index in [0.29, 0.717) is 29.5 Å². The van der Waals surface area contributed by atoms with E-state index in [9.17, 15) is 22.8 Å². The van der Waals surface area contributed by atoms with Gasteiger partial charge in [-0.25, -0.2) is 0 Å². The van der Waals surface area contributed by atoms with Gasteiger partial charge in [0.05, 0.1) is 0 Å². The van der Waals surface area contributed by atoms with Crippen LogP contribution in [0.4, 0.5) is 13.2 Å². The molecular formula is C27H22F3N5O2. The molecule has 37 heavy (non-hydrogen) atoms. The van der Waals surface area contributed by atoms with Crippen LogP contribution in [-0.4, -0.2) is 17.9 Å². The molecule has 0 saturated carbocycles. The monoisotopic (exact) mass is 505 g/mol. The van der Waals surface area contributed by atoms with Crippen LogP contribution in [0.5, 0.6) is 0 Å². The van der Waals surface area contributed by atoms with E-state index >= 15 is 0 Å². The number of benzene rings is 3. The number of amides is 1. The quantitative estimate of drug-likeness (QED) is 0.348. The lowest BCUT2D eigenvalue weighted by molar-refractivity contribution is -0.166. The Balaban J connectivity index is 1.11. The Morgan fingerprint density at radius 1 is 0.757 bits per heavy atom. The zero-order chi connectivity index (χ0) is 26.3. The summed E-state index contributed by atoms with van der Waals surface area (Å²) < 4.78 is 39.3. The number of Topliss-reactive ketones (excluding diaryl/α,β-unsaturated/α-hetero) is 1. The summed E-state index contributed by atoms with van der Waals surface area (Å²) in [6.45, 7) is 2.07. The van der Waals surface area contributed by atoms with Crippen LogP contribution in [0.25, 0.3) is 0 Å². The number of carbonyl (C=O) groups is 2. The Kier molecular flexibility index (Phi) is 5.97. The number of nitrogens with zero attached hydrogens (tertiary/aromatic N) is 4. The third-order valence-electron chi connectivity index (χ3n) is 6.52. The second-order valence-corrected chi connectivity index (χ2v) is 9.17.